The van der Waals surface area contributed by atoms with Crippen molar-refractivity contribution in [1.82, 2.24) is 0 Å². The van der Waals surface area contributed by atoms with E-state index in [0.29, 0.717) is 29.2 Å². The summed E-state index contributed by atoms with van der Waals surface area (Å²) in [5.41, 5.74) is 2.29. The Balaban J connectivity index is 2.37. The van der Waals surface area contributed by atoms with Crippen molar-refractivity contribution >= 4 is 17.4 Å². The Morgan fingerprint density at radius 2 is 2.12 bits per heavy atom. The molecule has 0 spiro atoms. The Labute approximate surface area is 102 Å². The molecule has 0 aromatic rings. The van der Waals surface area contributed by atoms with Gasteiger partial charge in [-0.05, 0) is 30.8 Å². The largest absolute Gasteiger partial charge is 0.293 e. The zero-order chi connectivity index (χ0) is 11.9. The predicted octanol–water partition coefficient (Wildman–Crippen LogP) is 3.86. The normalized spacial score (nSPS) is 33.9. The van der Waals surface area contributed by atoms with Gasteiger partial charge in [0.1, 0.15) is 0 Å². The van der Waals surface area contributed by atoms with Crippen LogP contribution in [-0.2, 0) is 4.79 Å². The maximum atomic E-state index is 11.6. The van der Waals surface area contributed by atoms with Crippen LogP contribution in [0, 0.1) is 17.8 Å². The molecular weight excluding hydrogens is 220 g/mol. The molecule has 0 fully saturated rings. The van der Waals surface area contributed by atoms with Crippen molar-refractivity contribution in [3.63, 3.8) is 0 Å². The highest BCUT2D eigenvalue weighted by Gasteiger charge is 2.36. The zero-order valence-electron chi connectivity index (χ0n) is 9.79. The van der Waals surface area contributed by atoms with Crippen LogP contribution in [0.5, 0.6) is 0 Å². The molecule has 3 atom stereocenters. The van der Waals surface area contributed by atoms with Gasteiger partial charge < -0.3 is 0 Å². The number of hydrogen-bond donors (Lipinski definition) is 0. The number of fused-ring (bicyclic) bond motifs is 1. The van der Waals surface area contributed by atoms with Crippen molar-refractivity contribution in [1.29, 1.82) is 0 Å². The summed E-state index contributed by atoms with van der Waals surface area (Å²) in [7, 11) is 0. The molecule has 2 rings (SSSR count). The fraction of sp³-hybridized carbons (Fsp3) is 0.500. The van der Waals surface area contributed by atoms with Crippen molar-refractivity contribution in [2.24, 2.45) is 17.8 Å². The van der Waals surface area contributed by atoms with Gasteiger partial charge in [0.15, 0.2) is 5.78 Å². The molecule has 1 nitrogen and oxygen atoms in total. The van der Waals surface area contributed by atoms with Crippen LogP contribution < -0.4 is 0 Å². The highest BCUT2D eigenvalue weighted by molar-refractivity contribution is 6.43. The monoisotopic (exact) mass is 236 g/mol. The van der Waals surface area contributed by atoms with E-state index in [1.165, 1.54) is 0 Å². The second-order valence-corrected chi connectivity index (χ2v) is 5.35. The molecule has 16 heavy (non-hydrogen) atoms. The average molecular weight is 237 g/mol. The lowest BCUT2D eigenvalue weighted by Crippen LogP contribution is -2.09. The first kappa shape index (κ1) is 11.7. The summed E-state index contributed by atoms with van der Waals surface area (Å²) in [6.45, 7) is 8.19. The minimum absolute atomic E-state index is 0.115. The number of halogens is 1. The molecule has 0 saturated carbocycles. The maximum Gasteiger partial charge on any atom is 0.174 e. The zero-order valence-corrected chi connectivity index (χ0v) is 10.6. The van der Waals surface area contributed by atoms with E-state index >= 15 is 0 Å². The molecule has 0 saturated heterocycles. The third kappa shape index (κ3) is 1.89. The molecule has 0 N–H and O–H groups in total. The van der Waals surface area contributed by atoms with E-state index in [0.717, 1.165) is 17.6 Å². The molecule has 0 unspecified atom stereocenters. The van der Waals surface area contributed by atoms with Gasteiger partial charge in [-0.2, -0.15) is 0 Å². The van der Waals surface area contributed by atoms with Crippen molar-refractivity contribution in [3.8, 4) is 0 Å². The summed E-state index contributed by atoms with van der Waals surface area (Å²) in [5, 5.41) is 0.492. The molecule has 2 heteroatoms. The first-order valence-corrected chi connectivity index (χ1v) is 6.14. The van der Waals surface area contributed by atoms with Crippen LogP contribution >= 0.6 is 11.6 Å². The molecule has 0 aromatic carbocycles. The summed E-state index contributed by atoms with van der Waals surface area (Å²) in [4.78, 5) is 11.6. The van der Waals surface area contributed by atoms with Gasteiger partial charge in [0.2, 0.25) is 0 Å². The molecule has 86 valence electrons. The standard InChI is InChI=1S/C14H17ClO/c1-8(2)10-5-4-9(3)11-7-13(16)14(15)12(11)6-10/h4-5,9-11H,1,6-7H2,2-3H3/t9-,10+,11+/m0/s1. The molecule has 0 bridgehead atoms. The molecule has 0 aliphatic heterocycles. The van der Waals surface area contributed by atoms with Crippen LogP contribution in [0.1, 0.15) is 26.7 Å². The molecule has 0 heterocycles. The fourth-order valence-corrected chi connectivity index (χ4v) is 2.88. The molecule has 0 radical (unpaired) electrons. The van der Waals surface area contributed by atoms with E-state index in [-0.39, 0.29) is 5.78 Å². The molecule has 2 aliphatic carbocycles. The van der Waals surface area contributed by atoms with E-state index in [2.05, 4.69) is 25.7 Å². The SMILES string of the molecule is C=C(C)[C@@H]1C=C[C@H](C)[C@H]2CC(=O)C(Cl)=C2C1. The van der Waals surface area contributed by atoms with Crippen LogP contribution in [0.25, 0.3) is 0 Å². The minimum atomic E-state index is 0.115. The van der Waals surface area contributed by atoms with Gasteiger partial charge in [-0.1, -0.05) is 42.8 Å². The summed E-state index contributed by atoms with van der Waals surface area (Å²) < 4.78 is 0. The topological polar surface area (TPSA) is 17.1 Å². The number of ketones is 1. The number of rotatable bonds is 1. The van der Waals surface area contributed by atoms with Gasteiger partial charge in [0, 0.05) is 12.3 Å². The third-order valence-corrected chi connectivity index (χ3v) is 4.19. The quantitative estimate of drug-likeness (QED) is 0.632. The second-order valence-electron chi connectivity index (χ2n) is 4.97. The van der Waals surface area contributed by atoms with E-state index in [1.807, 2.05) is 6.92 Å². The van der Waals surface area contributed by atoms with Crippen LogP contribution in [0.2, 0.25) is 0 Å². The highest BCUT2D eigenvalue weighted by Crippen LogP contribution is 2.43. The number of carbonyl (C=O) groups excluding carboxylic acids is 1. The van der Waals surface area contributed by atoms with Crippen LogP contribution in [0.4, 0.5) is 0 Å². The summed E-state index contributed by atoms with van der Waals surface area (Å²) in [6, 6.07) is 0. The van der Waals surface area contributed by atoms with Gasteiger partial charge in [0.25, 0.3) is 0 Å². The Bertz CT molecular complexity index is 403. The van der Waals surface area contributed by atoms with E-state index in [1.54, 1.807) is 0 Å². The smallest absolute Gasteiger partial charge is 0.174 e. The van der Waals surface area contributed by atoms with Crippen molar-refractivity contribution < 1.29 is 4.79 Å². The first-order valence-electron chi connectivity index (χ1n) is 5.76. The van der Waals surface area contributed by atoms with Crippen molar-refractivity contribution in [3.05, 3.63) is 34.9 Å². The number of Topliss-reactive ketones (excluding diaryl/α,β-unsaturated/α-hetero) is 1. The lowest BCUT2D eigenvalue weighted by Gasteiger charge is -2.17. The number of hydrogen-bond acceptors (Lipinski definition) is 1. The summed E-state index contributed by atoms with van der Waals surface area (Å²) in [6.07, 6.45) is 5.88. The van der Waals surface area contributed by atoms with Gasteiger partial charge >= 0.3 is 0 Å². The Hall–Kier alpha value is -0.820. The first-order chi connectivity index (χ1) is 7.50. The minimum Gasteiger partial charge on any atom is -0.293 e. The molecule has 0 amide bonds. The van der Waals surface area contributed by atoms with Crippen molar-refractivity contribution in [2.75, 3.05) is 0 Å². The predicted molar refractivity (Wildman–Crippen MR) is 67.2 cm³/mol. The Morgan fingerprint density at radius 3 is 2.75 bits per heavy atom. The van der Waals surface area contributed by atoms with Gasteiger partial charge in [-0.25, -0.2) is 0 Å². The molecule has 0 aromatic heterocycles. The Morgan fingerprint density at radius 1 is 1.44 bits per heavy atom. The van der Waals surface area contributed by atoms with Gasteiger partial charge in [-0.3, -0.25) is 4.79 Å². The van der Waals surface area contributed by atoms with E-state index < -0.39 is 0 Å². The Kier molecular flexibility index (Phi) is 3.07. The van der Waals surface area contributed by atoms with Gasteiger partial charge in [0.05, 0.1) is 5.03 Å². The summed E-state index contributed by atoms with van der Waals surface area (Å²) >= 11 is 6.12. The number of allylic oxidation sites excluding steroid dienone is 5. The highest BCUT2D eigenvalue weighted by atomic mass is 35.5. The van der Waals surface area contributed by atoms with Crippen molar-refractivity contribution in [2.45, 2.75) is 26.7 Å². The summed E-state index contributed by atoms with van der Waals surface area (Å²) in [5.74, 6) is 1.17. The average Bonchev–Trinajstić information content (AvgIpc) is 2.42. The lowest BCUT2D eigenvalue weighted by atomic mass is 9.86. The fourth-order valence-electron chi connectivity index (χ4n) is 2.59. The third-order valence-electron chi connectivity index (χ3n) is 3.73. The van der Waals surface area contributed by atoms with E-state index in [4.69, 9.17) is 11.6 Å². The second kappa shape index (κ2) is 4.21. The lowest BCUT2D eigenvalue weighted by molar-refractivity contribution is -0.114. The molecule has 2 aliphatic rings. The number of carbonyl (C=O) groups is 1. The van der Waals surface area contributed by atoms with Crippen LogP contribution in [-0.4, -0.2) is 5.78 Å². The van der Waals surface area contributed by atoms with Gasteiger partial charge in [-0.15, -0.1) is 0 Å². The van der Waals surface area contributed by atoms with Crippen LogP contribution in [0.3, 0.4) is 0 Å². The van der Waals surface area contributed by atoms with Crippen LogP contribution in [0.15, 0.2) is 34.9 Å². The maximum absolute atomic E-state index is 11.6. The molecular formula is C14H17ClO. The van der Waals surface area contributed by atoms with E-state index in [9.17, 15) is 4.79 Å².